The number of methoxy groups -OCH3 is 1. The van der Waals surface area contributed by atoms with E-state index in [4.69, 9.17) is 4.74 Å². The predicted octanol–water partition coefficient (Wildman–Crippen LogP) is 2.92. The largest absolute Gasteiger partial charge is 0.497 e. The first-order valence-electron chi connectivity index (χ1n) is 8.94. The van der Waals surface area contributed by atoms with Crippen LogP contribution in [-0.2, 0) is 22.7 Å². The quantitative estimate of drug-likeness (QED) is 0.465. The minimum absolute atomic E-state index is 0.0644. The first-order chi connectivity index (χ1) is 14.1. The third-order valence-corrected chi connectivity index (χ3v) is 5.25. The minimum Gasteiger partial charge on any atom is -0.497 e. The van der Waals surface area contributed by atoms with Gasteiger partial charge >= 0.3 is 11.8 Å². The van der Waals surface area contributed by atoms with Crippen molar-refractivity contribution in [2.24, 2.45) is 0 Å². The highest BCUT2D eigenvalue weighted by atomic mass is 32.1. The monoisotopic (exact) mass is 408 g/mol. The lowest BCUT2D eigenvalue weighted by molar-refractivity contribution is -0.139. The van der Waals surface area contributed by atoms with Gasteiger partial charge in [0.2, 0.25) is 5.78 Å². The van der Waals surface area contributed by atoms with Crippen molar-refractivity contribution in [3.8, 4) is 5.75 Å². The van der Waals surface area contributed by atoms with Gasteiger partial charge in [-0.25, -0.2) is 0 Å². The van der Waals surface area contributed by atoms with Crippen LogP contribution in [0.15, 0.2) is 66.7 Å². The summed E-state index contributed by atoms with van der Waals surface area (Å²) in [6.07, 6.45) is 0. The zero-order chi connectivity index (χ0) is 20.6. The van der Waals surface area contributed by atoms with E-state index in [1.54, 1.807) is 43.5 Å². The number of hydrogen-bond acceptors (Lipinski definition) is 5. The first-order valence-corrected chi connectivity index (χ1v) is 9.76. The van der Waals surface area contributed by atoms with Gasteiger partial charge in [0.1, 0.15) is 5.75 Å². The summed E-state index contributed by atoms with van der Waals surface area (Å²) in [5, 5.41) is 5.15. The maximum atomic E-state index is 12.4. The lowest BCUT2D eigenvalue weighted by atomic mass is 10.1. The first kappa shape index (κ1) is 20.3. The van der Waals surface area contributed by atoms with Crippen LogP contribution in [0.25, 0.3) is 0 Å². The molecule has 0 saturated carbocycles. The van der Waals surface area contributed by atoms with Gasteiger partial charge < -0.3 is 15.4 Å². The highest BCUT2D eigenvalue weighted by Gasteiger charge is 2.15. The number of hydrogen-bond donors (Lipinski definition) is 2. The fourth-order valence-electron chi connectivity index (χ4n) is 2.58. The van der Waals surface area contributed by atoms with Crippen LogP contribution in [0.3, 0.4) is 0 Å². The number of rotatable bonds is 7. The smallest absolute Gasteiger partial charge is 0.309 e. The number of nitrogens with one attached hydrogen (secondary N) is 2. The topological polar surface area (TPSA) is 84.5 Å². The van der Waals surface area contributed by atoms with Crippen LogP contribution in [0.4, 0.5) is 0 Å². The molecule has 1 heterocycles. The van der Waals surface area contributed by atoms with Crippen molar-refractivity contribution in [1.82, 2.24) is 10.6 Å². The Morgan fingerprint density at radius 1 is 0.828 bits per heavy atom. The molecular weight excluding hydrogens is 388 g/mol. The van der Waals surface area contributed by atoms with Crippen LogP contribution in [0.5, 0.6) is 5.75 Å². The number of carbonyl (C=O) groups is 3. The number of thiophene rings is 1. The van der Waals surface area contributed by atoms with Gasteiger partial charge in [-0.15, -0.1) is 11.3 Å². The van der Waals surface area contributed by atoms with Crippen molar-refractivity contribution < 1.29 is 19.1 Å². The van der Waals surface area contributed by atoms with Crippen molar-refractivity contribution in [3.63, 3.8) is 0 Å². The standard InChI is InChI=1S/C22H20N2O4S/c1-28-17-9-7-15(8-10-17)13-23-21(26)22(27)24-14-18-11-12-19(29-18)20(25)16-5-3-2-4-6-16/h2-12H,13-14H2,1H3,(H,23,26)(H,24,27). The molecule has 148 valence electrons. The molecule has 2 aromatic carbocycles. The van der Waals surface area contributed by atoms with Crippen LogP contribution < -0.4 is 15.4 Å². The molecule has 2 amide bonds. The van der Waals surface area contributed by atoms with Gasteiger partial charge in [-0.1, -0.05) is 42.5 Å². The van der Waals surface area contributed by atoms with Crippen LogP contribution in [0.2, 0.25) is 0 Å². The molecule has 0 saturated heterocycles. The highest BCUT2D eigenvalue weighted by Crippen LogP contribution is 2.20. The van der Waals surface area contributed by atoms with E-state index < -0.39 is 11.8 Å². The fourth-order valence-corrected chi connectivity index (χ4v) is 3.49. The van der Waals surface area contributed by atoms with Gasteiger partial charge in [-0.2, -0.15) is 0 Å². The summed E-state index contributed by atoms with van der Waals surface area (Å²) in [7, 11) is 1.58. The Morgan fingerprint density at radius 3 is 2.14 bits per heavy atom. The van der Waals surface area contributed by atoms with E-state index in [-0.39, 0.29) is 18.9 Å². The fraction of sp³-hybridized carbons (Fsp3) is 0.136. The van der Waals surface area contributed by atoms with Crippen molar-refractivity contribution in [3.05, 3.63) is 87.6 Å². The predicted molar refractivity (Wildman–Crippen MR) is 111 cm³/mol. The summed E-state index contributed by atoms with van der Waals surface area (Å²) in [4.78, 5) is 37.8. The van der Waals surface area contributed by atoms with Gasteiger partial charge in [0.25, 0.3) is 0 Å². The van der Waals surface area contributed by atoms with E-state index in [1.165, 1.54) is 11.3 Å². The third kappa shape index (κ3) is 5.52. The summed E-state index contributed by atoms with van der Waals surface area (Å²) < 4.78 is 5.08. The molecule has 2 N–H and O–H groups in total. The number of ketones is 1. The zero-order valence-corrected chi connectivity index (χ0v) is 16.6. The van der Waals surface area contributed by atoms with Crippen molar-refractivity contribution in [1.29, 1.82) is 0 Å². The normalized spacial score (nSPS) is 10.2. The third-order valence-electron chi connectivity index (χ3n) is 4.16. The second-order valence-corrected chi connectivity index (χ2v) is 7.34. The highest BCUT2D eigenvalue weighted by molar-refractivity contribution is 7.14. The molecule has 0 aliphatic carbocycles. The van der Waals surface area contributed by atoms with Gasteiger partial charge in [0.15, 0.2) is 0 Å². The lowest BCUT2D eigenvalue weighted by Crippen LogP contribution is -2.39. The Morgan fingerprint density at radius 2 is 1.48 bits per heavy atom. The summed E-state index contributed by atoms with van der Waals surface area (Å²) in [5.74, 6) is -0.773. The molecule has 0 bridgehead atoms. The Hall–Kier alpha value is -3.45. The maximum Gasteiger partial charge on any atom is 0.309 e. The molecule has 0 spiro atoms. The summed E-state index contributed by atoms with van der Waals surface area (Å²) in [6.45, 7) is 0.423. The Labute approximate surface area is 172 Å². The molecule has 0 atom stereocenters. The van der Waals surface area contributed by atoms with Crippen molar-refractivity contribution in [2.45, 2.75) is 13.1 Å². The van der Waals surface area contributed by atoms with Gasteiger partial charge in [0.05, 0.1) is 18.5 Å². The van der Waals surface area contributed by atoms with E-state index >= 15 is 0 Å². The molecule has 7 heteroatoms. The molecule has 0 fully saturated rings. The lowest BCUT2D eigenvalue weighted by Gasteiger charge is -2.06. The summed E-state index contributed by atoms with van der Waals surface area (Å²) in [6, 6.07) is 19.7. The van der Waals surface area contributed by atoms with Crippen LogP contribution in [0.1, 0.15) is 25.7 Å². The number of carbonyl (C=O) groups excluding carboxylic acids is 3. The van der Waals surface area contributed by atoms with Crippen molar-refractivity contribution in [2.75, 3.05) is 7.11 Å². The molecule has 6 nitrogen and oxygen atoms in total. The average molecular weight is 408 g/mol. The van der Waals surface area contributed by atoms with E-state index in [0.29, 0.717) is 10.4 Å². The molecule has 0 unspecified atom stereocenters. The number of ether oxygens (including phenoxy) is 1. The van der Waals surface area contributed by atoms with Crippen LogP contribution in [0, 0.1) is 0 Å². The SMILES string of the molecule is COc1ccc(CNC(=O)C(=O)NCc2ccc(C(=O)c3ccccc3)s2)cc1. The minimum atomic E-state index is -0.720. The van der Waals surface area contributed by atoms with E-state index in [1.807, 2.05) is 30.3 Å². The molecule has 0 aliphatic heterocycles. The second kappa shape index (κ2) is 9.66. The van der Waals surface area contributed by atoms with Crippen LogP contribution >= 0.6 is 11.3 Å². The number of amides is 2. The Balaban J connectivity index is 1.48. The van der Waals surface area contributed by atoms with Gasteiger partial charge in [0, 0.05) is 17.0 Å². The van der Waals surface area contributed by atoms with E-state index in [9.17, 15) is 14.4 Å². The summed E-state index contributed by atoms with van der Waals surface area (Å²) in [5.41, 5.74) is 1.47. The van der Waals surface area contributed by atoms with Gasteiger partial charge in [-0.05, 0) is 29.8 Å². The zero-order valence-electron chi connectivity index (χ0n) is 15.8. The molecule has 3 rings (SSSR count). The number of benzene rings is 2. The molecule has 29 heavy (non-hydrogen) atoms. The van der Waals surface area contributed by atoms with E-state index in [0.717, 1.165) is 16.2 Å². The maximum absolute atomic E-state index is 12.4. The molecule has 1 aromatic heterocycles. The molecule has 0 aliphatic rings. The molecule has 0 radical (unpaired) electrons. The average Bonchev–Trinajstić information content (AvgIpc) is 3.25. The second-order valence-electron chi connectivity index (χ2n) is 6.17. The summed E-state index contributed by atoms with van der Waals surface area (Å²) >= 11 is 1.30. The van der Waals surface area contributed by atoms with Gasteiger partial charge in [-0.3, -0.25) is 14.4 Å². The van der Waals surface area contributed by atoms with Crippen LogP contribution in [-0.4, -0.2) is 24.7 Å². The molecule has 3 aromatic rings. The van der Waals surface area contributed by atoms with E-state index in [2.05, 4.69) is 10.6 Å². The Kier molecular flexibility index (Phi) is 6.76. The van der Waals surface area contributed by atoms with Crippen molar-refractivity contribution >= 4 is 28.9 Å². The molecular formula is C22H20N2O4S. The Bertz CT molecular complexity index is 997.